The third-order valence-electron chi connectivity index (χ3n) is 3.70. The van der Waals surface area contributed by atoms with E-state index in [1.807, 2.05) is 12.1 Å². The van der Waals surface area contributed by atoms with Crippen LogP contribution in [0.3, 0.4) is 0 Å². The molecule has 2 amide bonds. The minimum Gasteiger partial charge on any atom is -0.497 e. The average Bonchev–Trinajstić information content (AvgIpc) is 3.11. The van der Waals surface area contributed by atoms with Gasteiger partial charge in [0.1, 0.15) is 5.75 Å². The van der Waals surface area contributed by atoms with Crippen LogP contribution in [-0.4, -0.2) is 39.6 Å². The number of amides is 2. The lowest BCUT2D eigenvalue weighted by atomic mass is 10.2. The first-order valence-corrected chi connectivity index (χ1v) is 9.19. The molecule has 0 bridgehead atoms. The summed E-state index contributed by atoms with van der Waals surface area (Å²) in [5.41, 5.74) is 5.92. The van der Waals surface area contributed by atoms with Crippen molar-refractivity contribution in [2.24, 2.45) is 0 Å². The van der Waals surface area contributed by atoms with Gasteiger partial charge in [0, 0.05) is 11.1 Å². The number of carbonyl (C=O) groups excluding carboxylic acids is 2. The van der Waals surface area contributed by atoms with Crippen LogP contribution in [-0.2, 0) is 4.79 Å². The van der Waals surface area contributed by atoms with Gasteiger partial charge >= 0.3 is 0 Å². The van der Waals surface area contributed by atoms with Crippen molar-refractivity contribution in [2.75, 3.05) is 18.7 Å². The molecule has 4 N–H and O–H groups in total. The van der Waals surface area contributed by atoms with E-state index in [4.69, 9.17) is 10.6 Å². The summed E-state index contributed by atoms with van der Waals surface area (Å²) >= 11 is 1.10. The van der Waals surface area contributed by atoms with Gasteiger partial charge in [0.15, 0.2) is 5.82 Å². The fraction of sp³-hybridized carbons (Fsp3) is 0.111. The molecule has 0 radical (unpaired) electrons. The molecule has 1 aromatic heterocycles. The Kier molecular flexibility index (Phi) is 6.12. The van der Waals surface area contributed by atoms with Crippen molar-refractivity contribution in [1.82, 2.24) is 25.7 Å². The monoisotopic (exact) mass is 398 g/mol. The molecule has 0 unspecified atom stereocenters. The van der Waals surface area contributed by atoms with Crippen molar-refractivity contribution in [1.29, 1.82) is 0 Å². The van der Waals surface area contributed by atoms with Crippen LogP contribution in [0.2, 0.25) is 0 Å². The van der Waals surface area contributed by atoms with E-state index in [1.165, 1.54) is 4.68 Å². The van der Waals surface area contributed by atoms with E-state index in [0.29, 0.717) is 16.5 Å². The number of carbonyl (C=O) groups is 2. The van der Waals surface area contributed by atoms with Crippen LogP contribution in [0.5, 0.6) is 5.75 Å². The number of hydrogen-bond donors (Lipinski definition) is 3. The number of nitrogens with two attached hydrogens (primary N) is 1. The normalized spacial score (nSPS) is 10.3. The molecule has 0 saturated carbocycles. The van der Waals surface area contributed by atoms with Crippen molar-refractivity contribution in [3.8, 4) is 17.1 Å². The Balaban J connectivity index is 1.54. The molecular weight excluding hydrogens is 380 g/mol. The lowest BCUT2D eigenvalue weighted by Gasteiger charge is -2.07. The van der Waals surface area contributed by atoms with E-state index in [2.05, 4.69) is 21.0 Å². The minimum absolute atomic E-state index is 0.00696. The second kappa shape index (κ2) is 8.91. The maximum absolute atomic E-state index is 12.0. The van der Waals surface area contributed by atoms with Gasteiger partial charge in [-0.1, -0.05) is 30.0 Å². The fourth-order valence-electron chi connectivity index (χ4n) is 2.27. The number of nitrogen functional groups attached to an aromatic ring is 1. The number of rotatable bonds is 6. The van der Waals surface area contributed by atoms with Gasteiger partial charge < -0.3 is 10.6 Å². The van der Waals surface area contributed by atoms with Crippen LogP contribution >= 0.6 is 11.8 Å². The predicted octanol–water partition coefficient (Wildman–Crippen LogP) is 1.22. The van der Waals surface area contributed by atoms with Crippen molar-refractivity contribution < 1.29 is 14.3 Å². The van der Waals surface area contributed by atoms with Gasteiger partial charge in [0.05, 0.1) is 12.9 Å². The Morgan fingerprint density at radius 2 is 1.79 bits per heavy atom. The fourth-order valence-corrected chi connectivity index (χ4v) is 2.92. The molecule has 1 heterocycles. The zero-order valence-electron chi connectivity index (χ0n) is 15.0. The first kappa shape index (κ1) is 19.2. The summed E-state index contributed by atoms with van der Waals surface area (Å²) in [6, 6.07) is 15.8. The molecule has 0 atom stereocenters. The highest BCUT2D eigenvalue weighted by atomic mass is 32.2. The van der Waals surface area contributed by atoms with Gasteiger partial charge in [0.25, 0.3) is 5.91 Å². The molecule has 2 aromatic carbocycles. The largest absolute Gasteiger partial charge is 0.497 e. The Morgan fingerprint density at radius 3 is 2.46 bits per heavy atom. The van der Waals surface area contributed by atoms with Crippen LogP contribution < -0.4 is 21.4 Å². The highest BCUT2D eigenvalue weighted by Crippen LogP contribution is 2.23. The molecule has 28 heavy (non-hydrogen) atoms. The number of thioether (sulfide) groups is 1. The number of hydrazine groups is 1. The third kappa shape index (κ3) is 4.60. The second-order valence-electron chi connectivity index (χ2n) is 5.56. The van der Waals surface area contributed by atoms with Crippen molar-refractivity contribution in [3.63, 3.8) is 0 Å². The number of ether oxygens (including phenoxy) is 1. The van der Waals surface area contributed by atoms with E-state index in [1.54, 1.807) is 49.6 Å². The standard InChI is InChI=1S/C18H18N6O3S/c1-27-14-9-7-12(8-10-14)16-21-23-18(24(16)19)28-11-15(25)20-22-17(26)13-5-3-2-4-6-13/h2-10H,11,19H2,1H3,(H,20,25)(H,22,26). The summed E-state index contributed by atoms with van der Waals surface area (Å²) in [4.78, 5) is 23.8. The van der Waals surface area contributed by atoms with Gasteiger partial charge in [-0.05, 0) is 36.4 Å². The summed E-state index contributed by atoms with van der Waals surface area (Å²) in [5.74, 6) is 6.41. The first-order valence-electron chi connectivity index (χ1n) is 8.20. The van der Waals surface area contributed by atoms with Crippen molar-refractivity contribution in [2.45, 2.75) is 5.16 Å². The molecule has 3 rings (SSSR count). The minimum atomic E-state index is -0.400. The Labute approximate surface area is 165 Å². The van der Waals surface area contributed by atoms with Crippen molar-refractivity contribution in [3.05, 3.63) is 60.2 Å². The highest BCUT2D eigenvalue weighted by molar-refractivity contribution is 7.99. The van der Waals surface area contributed by atoms with Gasteiger partial charge in [-0.25, -0.2) is 4.68 Å². The summed E-state index contributed by atoms with van der Waals surface area (Å²) in [5, 5.41) is 8.43. The van der Waals surface area contributed by atoms with E-state index in [9.17, 15) is 9.59 Å². The van der Waals surface area contributed by atoms with E-state index in [0.717, 1.165) is 23.1 Å². The van der Waals surface area contributed by atoms with E-state index < -0.39 is 11.8 Å². The van der Waals surface area contributed by atoms with Gasteiger partial charge in [-0.2, -0.15) is 0 Å². The third-order valence-corrected chi connectivity index (χ3v) is 4.64. The van der Waals surface area contributed by atoms with Crippen molar-refractivity contribution >= 4 is 23.6 Å². The SMILES string of the molecule is COc1ccc(-c2nnc(SCC(=O)NNC(=O)c3ccccc3)n2N)cc1. The summed E-state index contributed by atoms with van der Waals surface area (Å²) in [7, 11) is 1.59. The Bertz CT molecular complexity index is 959. The van der Waals surface area contributed by atoms with Gasteiger partial charge in [-0.15, -0.1) is 10.2 Å². The van der Waals surface area contributed by atoms with Crippen LogP contribution in [0.25, 0.3) is 11.4 Å². The predicted molar refractivity (Wildman–Crippen MR) is 105 cm³/mol. The summed E-state index contributed by atoms with van der Waals surface area (Å²) in [6.45, 7) is 0. The Morgan fingerprint density at radius 1 is 1.07 bits per heavy atom. The van der Waals surface area contributed by atoms with Crippen LogP contribution in [0.4, 0.5) is 0 Å². The molecule has 0 aliphatic heterocycles. The maximum Gasteiger partial charge on any atom is 0.269 e. The zero-order chi connectivity index (χ0) is 19.9. The number of methoxy groups -OCH3 is 1. The molecule has 0 aliphatic rings. The lowest BCUT2D eigenvalue weighted by molar-refractivity contribution is -0.119. The summed E-state index contributed by atoms with van der Waals surface area (Å²) in [6.07, 6.45) is 0. The molecule has 0 aliphatic carbocycles. The topological polar surface area (TPSA) is 124 Å². The number of nitrogens with zero attached hydrogens (tertiary/aromatic N) is 3. The number of nitrogens with one attached hydrogen (secondary N) is 2. The molecule has 3 aromatic rings. The molecular formula is C18H18N6O3S. The molecule has 0 fully saturated rings. The summed E-state index contributed by atoms with van der Waals surface area (Å²) < 4.78 is 6.43. The van der Waals surface area contributed by atoms with E-state index in [-0.39, 0.29) is 5.75 Å². The molecule has 0 spiro atoms. The van der Waals surface area contributed by atoms with Crippen LogP contribution in [0.15, 0.2) is 59.8 Å². The van der Waals surface area contributed by atoms with E-state index >= 15 is 0 Å². The molecule has 9 nitrogen and oxygen atoms in total. The molecule has 10 heteroatoms. The quantitative estimate of drug-likeness (QED) is 0.324. The number of hydrogen-bond acceptors (Lipinski definition) is 7. The second-order valence-corrected chi connectivity index (χ2v) is 6.50. The highest BCUT2D eigenvalue weighted by Gasteiger charge is 2.14. The van der Waals surface area contributed by atoms with Gasteiger partial charge in [0.2, 0.25) is 11.1 Å². The lowest BCUT2D eigenvalue weighted by Crippen LogP contribution is -2.42. The molecule has 0 saturated heterocycles. The van der Waals surface area contributed by atoms with Crippen LogP contribution in [0.1, 0.15) is 10.4 Å². The average molecular weight is 398 g/mol. The van der Waals surface area contributed by atoms with Crippen LogP contribution in [0, 0.1) is 0 Å². The first-order chi connectivity index (χ1) is 13.6. The Hall–Kier alpha value is -3.53. The number of aromatic nitrogens is 3. The number of benzene rings is 2. The maximum atomic E-state index is 12.0. The molecule has 144 valence electrons. The smallest absolute Gasteiger partial charge is 0.269 e. The zero-order valence-corrected chi connectivity index (χ0v) is 15.8. The van der Waals surface area contributed by atoms with Gasteiger partial charge in [-0.3, -0.25) is 20.4 Å².